The van der Waals surface area contributed by atoms with Gasteiger partial charge < -0.3 is 4.43 Å². The minimum absolute atomic E-state index is 0.741. The molecule has 0 saturated carbocycles. The van der Waals surface area contributed by atoms with Crippen LogP contribution in [0.4, 0.5) is 0 Å². The topological polar surface area (TPSA) is 9.23 Å². The highest BCUT2D eigenvalue weighted by atomic mass is 28.2. The molecule has 1 aromatic rings. The van der Waals surface area contributed by atoms with Gasteiger partial charge >= 0.3 is 0 Å². The minimum atomic E-state index is 0.741. The van der Waals surface area contributed by atoms with Gasteiger partial charge in [-0.1, -0.05) is 24.3 Å². The van der Waals surface area contributed by atoms with E-state index in [0.717, 1.165) is 27.4 Å². The average Bonchev–Trinajstić information content (AvgIpc) is 2.05. The van der Waals surface area contributed by atoms with Gasteiger partial charge in [-0.15, -0.1) is 0 Å². The summed E-state index contributed by atoms with van der Waals surface area (Å²) in [6.45, 7) is 5.85. The first kappa shape index (κ1) is 8.08. The molecule has 1 aromatic carbocycles. The third-order valence-electron chi connectivity index (χ3n) is 1.56. The van der Waals surface area contributed by atoms with Crippen molar-refractivity contribution in [2.45, 2.75) is 6.92 Å². The average molecular weight is 164 g/mol. The van der Waals surface area contributed by atoms with Crippen LogP contribution in [0.1, 0.15) is 12.5 Å². The molecule has 58 valence electrons. The largest absolute Gasteiger partial charge is 0.553 e. The van der Waals surface area contributed by atoms with E-state index in [9.17, 15) is 0 Å². The molecule has 2 heteroatoms. The highest BCUT2D eigenvalue weighted by Crippen LogP contribution is 2.17. The summed E-state index contributed by atoms with van der Waals surface area (Å²) >= 11 is 0. The van der Waals surface area contributed by atoms with E-state index in [1.54, 1.807) is 0 Å². The van der Waals surface area contributed by atoms with Crippen molar-refractivity contribution in [3.8, 4) is 5.75 Å². The maximum Gasteiger partial charge on any atom is 0.204 e. The molecule has 0 radical (unpaired) electrons. The van der Waals surface area contributed by atoms with Crippen molar-refractivity contribution in [2.75, 3.05) is 0 Å². The van der Waals surface area contributed by atoms with E-state index < -0.39 is 0 Å². The Bertz CT molecular complexity index is 268. The van der Waals surface area contributed by atoms with Crippen molar-refractivity contribution in [3.05, 3.63) is 36.4 Å². The number of allylic oxidation sites excluding steroid dienone is 1. The van der Waals surface area contributed by atoms with E-state index in [2.05, 4.69) is 6.58 Å². The Morgan fingerprint density at radius 1 is 1.55 bits per heavy atom. The summed E-state index contributed by atoms with van der Waals surface area (Å²) in [7, 11) is 0.741. The van der Waals surface area contributed by atoms with Crippen molar-refractivity contribution in [2.24, 2.45) is 0 Å². The third-order valence-corrected chi connectivity index (χ3v) is 2.03. The Hall–Kier alpha value is -1.02. The molecule has 0 atom stereocenters. The quantitative estimate of drug-likeness (QED) is 0.600. The number of hydrogen-bond donors (Lipinski definition) is 0. The van der Waals surface area contributed by atoms with Crippen LogP contribution in [0.2, 0.25) is 0 Å². The number of hydrogen-bond acceptors (Lipinski definition) is 1. The molecular weight excluding hydrogens is 152 g/mol. The van der Waals surface area contributed by atoms with Crippen molar-refractivity contribution < 1.29 is 4.43 Å². The lowest BCUT2D eigenvalue weighted by atomic mass is 10.1. The van der Waals surface area contributed by atoms with Gasteiger partial charge in [0, 0.05) is 0 Å². The molecule has 0 aliphatic rings. The predicted molar refractivity (Wildman–Crippen MR) is 51.7 cm³/mol. The first-order chi connectivity index (χ1) is 5.24. The van der Waals surface area contributed by atoms with Crippen LogP contribution in [0.15, 0.2) is 30.8 Å². The Morgan fingerprint density at radius 3 is 2.82 bits per heavy atom. The molecule has 1 rings (SSSR count). The van der Waals surface area contributed by atoms with E-state index in [4.69, 9.17) is 4.43 Å². The molecule has 0 aliphatic carbocycles. The van der Waals surface area contributed by atoms with Crippen LogP contribution >= 0.6 is 0 Å². The fourth-order valence-electron chi connectivity index (χ4n) is 0.889. The summed E-state index contributed by atoms with van der Waals surface area (Å²) < 4.78 is 5.20. The highest BCUT2D eigenvalue weighted by molar-refractivity contribution is 6.00. The van der Waals surface area contributed by atoms with Gasteiger partial charge in [-0.25, -0.2) is 0 Å². The summed E-state index contributed by atoms with van der Waals surface area (Å²) in [5.74, 6) is 0.942. The SMILES string of the molecule is C=C(C)c1cccc(O[SiH3])c1. The maximum atomic E-state index is 5.20. The Balaban J connectivity index is 3.01. The van der Waals surface area contributed by atoms with Gasteiger partial charge in [0.25, 0.3) is 0 Å². The van der Waals surface area contributed by atoms with Crippen LogP contribution in [-0.2, 0) is 0 Å². The van der Waals surface area contributed by atoms with Crippen molar-refractivity contribution in [1.29, 1.82) is 0 Å². The molecule has 0 aliphatic heterocycles. The minimum Gasteiger partial charge on any atom is -0.553 e. The molecule has 0 saturated heterocycles. The van der Waals surface area contributed by atoms with E-state index in [0.29, 0.717) is 0 Å². The molecule has 0 aromatic heterocycles. The molecular formula is C9H12OSi. The highest BCUT2D eigenvalue weighted by Gasteiger charge is 1.93. The monoisotopic (exact) mass is 164 g/mol. The standard InChI is InChI=1S/C9H12OSi/c1-7(2)8-4-3-5-9(6-8)10-11/h3-6H,1H2,2,11H3. The maximum absolute atomic E-state index is 5.20. The van der Waals surface area contributed by atoms with Crippen LogP contribution < -0.4 is 4.43 Å². The van der Waals surface area contributed by atoms with Gasteiger partial charge in [0.2, 0.25) is 10.5 Å². The fourth-order valence-corrected chi connectivity index (χ4v) is 1.14. The first-order valence-corrected chi connectivity index (χ1v) is 4.35. The lowest BCUT2D eigenvalue weighted by molar-refractivity contribution is 0.616. The lowest BCUT2D eigenvalue weighted by Gasteiger charge is -2.03. The second-order valence-electron chi connectivity index (χ2n) is 2.51. The number of rotatable bonds is 2. The van der Waals surface area contributed by atoms with Gasteiger partial charge in [0.1, 0.15) is 5.75 Å². The summed E-state index contributed by atoms with van der Waals surface area (Å²) in [5.41, 5.74) is 2.23. The van der Waals surface area contributed by atoms with Crippen LogP contribution in [-0.4, -0.2) is 10.5 Å². The van der Waals surface area contributed by atoms with E-state index in [1.165, 1.54) is 0 Å². The van der Waals surface area contributed by atoms with Crippen LogP contribution in [0.5, 0.6) is 5.75 Å². The molecule has 0 amide bonds. The molecule has 0 N–H and O–H groups in total. The van der Waals surface area contributed by atoms with Crippen LogP contribution in [0.25, 0.3) is 5.57 Å². The molecule has 0 spiro atoms. The van der Waals surface area contributed by atoms with Crippen molar-refractivity contribution in [3.63, 3.8) is 0 Å². The Labute approximate surface area is 70.2 Å². The van der Waals surface area contributed by atoms with Crippen LogP contribution in [0.3, 0.4) is 0 Å². The van der Waals surface area contributed by atoms with Gasteiger partial charge in [-0.2, -0.15) is 0 Å². The van der Waals surface area contributed by atoms with Crippen molar-refractivity contribution >= 4 is 16.1 Å². The zero-order valence-electron chi connectivity index (χ0n) is 6.92. The molecule has 11 heavy (non-hydrogen) atoms. The van der Waals surface area contributed by atoms with E-state index >= 15 is 0 Å². The van der Waals surface area contributed by atoms with Gasteiger partial charge in [0.15, 0.2) is 0 Å². The molecule has 0 bridgehead atoms. The summed E-state index contributed by atoms with van der Waals surface area (Å²) in [5, 5.41) is 0. The molecule has 0 heterocycles. The summed E-state index contributed by atoms with van der Waals surface area (Å²) in [6.07, 6.45) is 0. The van der Waals surface area contributed by atoms with E-state index in [-0.39, 0.29) is 0 Å². The normalized spacial score (nSPS) is 9.55. The second-order valence-corrected chi connectivity index (χ2v) is 2.92. The summed E-state index contributed by atoms with van der Waals surface area (Å²) in [6, 6.07) is 7.98. The third kappa shape index (κ3) is 1.95. The lowest BCUT2D eigenvalue weighted by Crippen LogP contribution is -1.85. The summed E-state index contributed by atoms with van der Waals surface area (Å²) in [4.78, 5) is 0. The van der Waals surface area contributed by atoms with Gasteiger partial charge in [-0.3, -0.25) is 0 Å². The smallest absolute Gasteiger partial charge is 0.204 e. The molecule has 0 fully saturated rings. The molecule has 0 unspecified atom stereocenters. The zero-order valence-corrected chi connectivity index (χ0v) is 8.92. The number of benzene rings is 1. The second kappa shape index (κ2) is 3.39. The molecule has 1 nitrogen and oxygen atoms in total. The predicted octanol–water partition coefficient (Wildman–Crippen LogP) is 1.38. The van der Waals surface area contributed by atoms with Crippen LogP contribution in [0, 0.1) is 0 Å². The van der Waals surface area contributed by atoms with Gasteiger partial charge in [0.05, 0.1) is 0 Å². The first-order valence-electron chi connectivity index (χ1n) is 3.54. The van der Waals surface area contributed by atoms with E-state index in [1.807, 2.05) is 31.2 Å². The zero-order chi connectivity index (χ0) is 8.27. The van der Waals surface area contributed by atoms with Gasteiger partial charge in [-0.05, 0) is 24.6 Å². The Morgan fingerprint density at radius 2 is 2.27 bits per heavy atom. The van der Waals surface area contributed by atoms with Crippen molar-refractivity contribution in [1.82, 2.24) is 0 Å². The Kier molecular flexibility index (Phi) is 2.49. The fraction of sp³-hybridized carbons (Fsp3) is 0.111.